The largest absolute Gasteiger partial charge is 0.494 e. The number of fused-ring (bicyclic) bond motifs is 1. The quantitative estimate of drug-likeness (QED) is 0.541. The van der Waals surface area contributed by atoms with Gasteiger partial charge in [0.15, 0.2) is 11.3 Å². The number of nitrogens with one attached hydrogen (secondary N) is 1. The monoisotopic (exact) mass is 354 g/mol. The van der Waals surface area contributed by atoms with Crippen LogP contribution in [0.25, 0.3) is 11.0 Å². The van der Waals surface area contributed by atoms with Crippen LogP contribution >= 0.6 is 0 Å². The molecule has 0 spiro atoms. The maximum Gasteiger partial charge on any atom is 0.268 e. The Kier molecular flexibility index (Phi) is 5.07. The van der Waals surface area contributed by atoms with Crippen molar-refractivity contribution in [2.45, 2.75) is 6.92 Å². The van der Waals surface area contributed by atoms with Crippen LogP contribution in [-0.4, -0.2) is 24.8 Å². The van der Waals surface area contributed by atoms with Gasteiger partial charge in [0.1, 0.15) is 11.3 Å². The van der Waals surface area contributed by atoms with Crippen LogP contribution in [0.4, 0.5) is 5.69 Å². The Morgan fingerprint density at radius 1 is 1.23 bits per heavy atom. The van der Waals surface area contributed by atoms with E-state index in [0.29, 0.717) is 34.8 Å². The first-order valence-electron chi connectivity index (χ1n) is 7.99. The number of carbonyl (C=O) groups is 1. The van der Waals surface area contributed by atoms with Gasteiger partial charge in [-0.1, -0.05) is 18.2 Å². The fourth-order valence-electron chi connectivity index (χ4n) is 2.55. The van der Waals surface area contributed by atoms with E-state index in [0.717, 1.165) is 0 Å². The number of amides is 1. The molecule has 0 saturated heterocycles. The molecule has 0 atom stereocenters. The maximum absolute atomic E-state index is 12.6. The van der Waals surface area contributed by atoms with Gasteiger partial charge < -0.3 is 24.4 Å². The van der Waals surface area contributed by atoms with Crippen molar-refractivity contribution in [3.63, 3.8) is 0 Å². The molecule has 2 aromatic carbocycles. The second-order valence-electron chi connectivity index (χ2n) is 5.36. The van der Waals surface area contributed by atoms with Gasteiger partial charge in [0.25, 0.3) is 11.5 Å². The molecular weight excluding hydrogens is 336 g/mol. The Morgan fingerprint density at radius 2 is 2.04 bits per heavy atom. The molecule has 1 amide bonds. The van der Waals surface area contributed by atoms with E-state index < -0.39 is 5.91 Å². The predicted octanol–water partition coefficient (Wildman–Crippen LogP) is 3.38. The van der Waals surface area contributed by atoms with E-state index in [4.69, 9.17) is 13.9 Å². The van der Waals surface area contributed by atoms with Crippen LogP contribution in [0.15, 0.2) is 58.1 Å². The number of carbonyl (C=O) groups excluding carboxylic acids is 1. The third-order valence-corrected chi connectivity index (χ3v) is 3.70. The van der Waals surface area contributed by atoms with Gasteiger partial charge in [-0.25, -0.2) is 0 Å². The molecule has 1 heterocycles. The first kappa shape index (κ1) is 17.3. The second-order valence-corrected chi connectivity index (χ2v) is 5.36. The van der Waals surface area contributed by atoms with Crippen LogP contribution in [0.2, 0.25) is 0 Å². The molecule has 0 unspecified atom stereocenters. The summed E-state index contributed by atoms with van der Waals surface area (Å²) in [4.78, 5) is 12.6. The van der Waals surface area contributed by atoms with E-state index in [1.807, 2.05) is 6.92 Å². The number of ether oxygens (including phenoxy) is 2. The lowest BCUT2D eigenvalue weighted by atomic mass is 10.1. The molecule has 0 aliphatic rings. The summed E-state index contributed by atoms with van der Waals surface area (Å²) in [6.45, 7) is 2.40. The standard InChI is InChI=1S/C19H18N2O5/c1-3-25-14-8-5-7-13(11-14)20-18(22)15-10-12-6-4-9-16(24-2)17(12)26-19(15)21-23/h4-11,23H,3H2,1-2H3,(H,20,22)/b21-19-. The average Bonchev–Trinajstić information content (AvgIpc) is 2.66. The molecule has 0 aliphatic carbocycles. The number of anilines is 1. The van der Waals surface area contributed by atoms with Crippen LogP contribution in [0, 0.1) is 0 Å². The summed E-state index contributed by atoms with van der Waals surface area (Å²) < 4.78 is 16.2. The highest BCUT2D eigenvalue weighted by atomic mass is 16.5. The summed E-state index contributed by atoms with van der Waals surface area (Å²) in [6.07, 6.45) is 0. The summed E-state index contributed by atoms with van der Waals surface area (Å²) in [5.41, 5.74) is 0.823. The van der Waals surface area contributed by atoms with Gasteiger partial charge in [0.05, 0.1) is 13.7 Å². The zero-order valence-electron chi connectivity index (χ0n) is 14.4. The van der Waals surface area contributed by atoms with Gasteiger partial charge in [0.2, 0.25) is 0 Å². The fourth-order valence-corrected chi connectivity index (χ4v) is 2.55. The van der Waals surface area contributed by atoms with E-state index >= 15 is 0 Å². The smallest absolute Gasteiger partial charge is 0.268 e. The lowest BCUT2D eigenvalue weighted by Crippen LogP contribution is -2.21. The van der Waals surface area contributed by atoms with E-state index in [1.54, 1.807) is 48.5 Å². The Balaban J connectivity index is 1.99. The van der Waals surface area contributed by atoms with Crippen molar-refractivity contribution in [1.29, 1.82) is 0 Å². The molecule has 3 aromatic rings. The average molecular weight is 354 g/mol. The van der Waals surface area contributed by atoms with Crippen LogP contribution in [0.5, 0.6) is 11.5 Å². The van der Waals surface area contributed by atoms with Crippen LogP contribution in [0.3, 0.4) is 0 Å². The lowest BCUT2D eigenvalue weighted by molar-refractivity contribution is 0.102. The molecule has 3 rings (SSSR count). The molecule has 0 bridgehead atoms. The Morgan fingerprint density at radius 3 is 2.77 bits per heavy atom. The van der Waals surface area contributed by atoms with E-state index in [9.17, 15) is 10.0 Å². The Bertz CT molecular complexity index is 1010. The van der Waals surface area contributed by atoms with E-state index in [1.165, 1.54) is 7.11 Å². The van der Waals surface area contributed by atoms with E-state index in [-0.39, 0.29) is 11.1 Å². The van der Waals surface area contributed by atoms with Gasteiger partial charge in [-0.2, -0.15) is 0 Å². The van der Waals surface area contributed by atoms with E-state index in [2.05, 4.69) is 10.5 Å². The number of para-hydroxylation sites is 1. The van der Waals surface area contributed by atoms with Gasteiger partial charge in [0, 0.05) is 17.1 Å². The van der Waals surface area contributed by atoms with Crippen molar-refractivity contribution in [3.8, 4) is 11.5 Å². The third-order valence-electron chi connectivity index (χ3n) is 3.70. The minimum Gasteiger partial charge on any atom is -0.494 e. The Hall–Kier alpha value is -3.48. The third kappa shape index (κ3) is 3.46. The molecule has 0 radical (unpaired) electrons. The maximum atomic E-state index is 12.6. The normalized spacial score (nSPS) is 11.4. The van der Waals surface area contributed by atoms with Gasteiger partial charge >= 0.3 is 0 Å². The summed E-state index contributed by atoms with van der Waals surface area (Å²) in [7, 11) is 1.51. The minimum atomic E-state index is -0.472. The highest BCUT2D eigenvalue weighted by Crippen LogP contribution is 2.25. The van der Waals surface area contributed by atoms with Gasteiger partial charge in [-0.15, -0.1) is 0 Å². The molecular formula is C19H18N2O5. The van der Waals surface area contributed by atoms with Crippen molar-refractivity contribution in [3.05, 3.63) is 59.6 Å². The highest BCUT2D eigenvalue weighted by molar-refractivity contribution is 6.05. The van der Waals surface area contributed by atoms with Crippen LogP contribution in [0.1, 0.15) is 17.3 Å². The SMILES string of the molecule is CCOc1cccc(NC(=O)c2cc3cccc(OC)c3o/c2=N\O)c1. The summed E-state index contributed by atoms with van der Waals surface area (Å²) in [5, 5.41) is 15.7. The number of nitrogens with zero attached hydrogens (tertiary/aromatic N) is 1. The van der Waals surface area contributed by atoms with Gasteiger partial charge in [-0.3, -0.25) is 4.79 Å². The van der Waals surface area contributed by atoms with Crippen molar-refractivity contribution < 1.29 is 23.9 Å². The zero-order valence-corrected chi connectivity index (χ0v) is 14.4. The number of methoxy groups -OCH3 is 1. The molecule has 2 N–H and O–H groups in total. The van der Waals surface area contributed by atoms with Crippen molar-refractivity contribution in [1.82, 2.24) is 0 Å². The molecule has 7 nitrogen and oxygen atoms in total. The lowest BCUT2D eigenvalue weighted by Gasteiger charge is -2.09. The first-order chi connectivity index (χ1) is 12.7. The second kappa shape index (κ2) is 7.60. The molecule has 134 valence electrons. The Labute approximate surface area is 149 Å². The fraction of sp³-hybridized carbons (Fsp3) is 0.158. The van der Waals surface area contributed by atoms with Crippen molar-refractivity contribution in [2.75, 3.05) is 19.0 Å². The van der Waals surface area contributed by atoms with Crippen LogP contribution < -0.4 is 20.3 Å². The summed E-state index contributed by atoms with van der Waals surface area (Å²) >= 11 is 0. The summed E-state index contributed by atoms with van der Waals surface area (Å²) in [6, 6.07) is 13.9. The predicted molar refractivity (Wildman–Crippen MR) is 95.7 cm³/mol. The molecule has 26 heavy (non-hydrogen) atoms. The zero-order chi connectivity index (χ0) is 18.5. The van der Waals surface area contributed by atoms with Crippen molar-refractivity contribution >= 4 is 22.6 Å². The number of benzene rings is 2. The number of hydrogen-bond acceptors (Lipinski definition) is 6. The van der Waals surface area contributed by atoms with Crippen LogP contribution in [-0.2, 0) is 0 Å². The van der Waals surface area contributed by atoms with Gasteiger partial charge in [-0.05, 0) is 36.3 Å². The molecule has 0 fully saturated rings. The topological polar surface area (TPSA) is 93.3 Å². The first-order valence-corrected chi connectivity index (χ1v) is 7.99. The highest BCUT2D eigenvalue weighted by Gasteiger charge is 2.15. The molecule has 0 saturated carbocycles. The van der Waals surface area contributed by atoms with Crippen molar-refractivity contribution in [2.24, 2.45) is 5.16 Å². The number of hydrogen-bond donors (Lipinski definition) is 2. The minimum absolute atomic E-state index is 0.0927. The molecule has 7 heteroatoms. The molecule has 0 aliphatic heterocycles. The number of rotatable bonds is 5. The summed E-state index contributed by atoms with van der Waals surface area (Å²) in [5.74, 6) is 0.647. The molecule has 1 aromatic heterocycles.